The first-order valence-electron chi connectivity index (χ1n) is 5.41. The molecule has 0 radical (unpaired) electrons. The Kier molecular flexibility index (Phi) is 3.94. The number of benzene rings is 1. The number of methoxy groups -OCH3 is 1. The summed E-state index contributed by atoms with van der Waals surface area (Å²) < 4.78 is 10.2. The molecule has 0 fully saturated rings. The molecule has 0 aliphatic rings. The molecule has 0 spiro atoms. The summed E-state index contributed by atoms with van der Waals surface area (Å²) in [5.74, 6) is 0.352. The van der Waals surface area contributed by atoms with Crippen molar-refractivity contribution in [3.05, 3.63) is 45.9 Å². The molecule has 0 aliphatic heterocycles. The number of rotatable bonds is 4. The van der Waals surface area contributed by atoms with Crippen molar-refractivity contribution >= 4 is 17.3 Å². The first-order chi connectivity index (χ1) is 8.69. The van der Waals surface area contributed by atoms with E-state index in [0.717, 1.165) is 10.7 Å². The van der Waals surface area contributed by atoms with Crippen LogP contribution in [0.5, 0.6) is 5.75 Å². The molecule has 1 aromatic heterocycles. The van der Waals surface area contributed by atoms with Crippen molar-refractivity contribution < 1.29 is 14.3 Å². The summed E-state index contributed by atoms with van der Waals surface area (Å²) in [6.45, 7) is 2.39. The quantitative estimate of drug-likeness (QED) is 0.796. The van der Waals surface area contributed by atoms with E-state index in [9.17, 15) is 4.79 Å². The Bertz CT molecular complexity index is 533. The summed E-state index contributed by atoms with van der Waals surface area (Å²) in [7, 11) is 1.36. The lowest BCUT2D eigenvalue weighted by molar-refractivity contribution is 0.0600. The minimum atomic E-state index is -0.350. The van der Waals surface area contributed by atoms with E-state index < -0.39 is 0 Å². The van der Waals surface area contributed by atoms with Gasteiger partial charge in [0.15, 0.2) is 0 Å². The van der Waals surface area contributed by atoms with Crippen molar-refractivity contribution in [1.82, 2.24) is 4.98 Å². The van der Waals surface area contributed by atoms with Gasteiger partial charge in [0.25, 0.3) is 0 Å². The highest BCUT2D eigenvalue weighted by Gasteiger charge is 2.05. The van der Waals surface area contributed by atoms with E-state index in [1.54, 1.807) is 35.6 Å². The van der Waals surface area contributed by atoms with E-state index in [4.69, 9.17) is 4.74 Å². The number of ether oxygens (including phenoxy) is 2. The average Bonchev–Trinajstić information content (AvgIpc) is 2.82. The largest absolute Gasteiger partial charge is 0.487 e. The molecule has 4 nitrogen and oxygen atoms in total. The molecule has 0 unspecified atom stereocenters. The average molecular weight is 263 g/mol. The van der Waals surface area contributed by atoms with E-state index in [2.05, 4.69) is 9.72 Å². The number of hydrogen-bond donors (Lipinski definition) is 0. The van der Waals surface area contributed by atoms with Gasteiger partial charge in [0.05, 0.1) is 23.4 Å². The summed E-state index contributed by atoms with van der Waals surface area (Å²) in [5, 5.41) is 2.99. The zero-order valence-electron chi connectivity index (χ0n) is 10.2. The lowest BCUT2D eigenvalue weighted by Crippen LogP contribution is -2.01. The number of esters is 1. The molecule has 0 saturated carbocycles. The molecule has 0 aliphatic carbocycles. The molecular formula is C13H13NO3S. The Balaban J connectivity index is 1.96. The number of aryl methyl sites for hydroxylation is 1. The summed E-state index contributed by atoms with van der Waals surface area (Å²) in [6, 6.07) is 6.83. The minimum Gasteiger partial charge on any atom is -0.487 e. The third-order valence-corrected chi connectivity index (χ3v) is 3.15. The molecule has 1 heterocycles. The Hall–Kier alpha value is -1.88. The van der Waals surface area contributed by atoms with Crippen molar-refractivity contribution in [1.29, 1.82) is 0 Å². The van der Waals surface area contributed by atoms with Crippen molar-refractivity contribution in [3.63, 3.8) is 0 Å². The van der Waals surface area contributed by atoms with Gasteiger partial charge in [0.1, 0.15) is 12.4 Å². The van der Waals surface area contributed by atoms with Gasteiger partial charge in [-0.05, 0) is 31.2 Å². The van der Waals surface area contributed by atoms with Crippen LogP contribution in [0.3, 0.4) is 0 Å². The molecule has 0 amide bonds. The Morgan fingerprint density at radius 1 is 1.33 bits per heavy atom. The first-order valence-corrected chi connectivity index (χ1v) is 6.29. The van der Waals surface area contributed by atoms with Crippen LogP contribution in [0.4, 0.5) is 0 Å². The molecule has 94 valence electrons. The van der Waals surface area contributed by atoms with Gasteiger partial charge < -0.3 is 9.47 Å². The van der Waals surface area contributed by atoms with Gasteiger partial charge in [0, 0.05) is 5.38 Å². The van der Waals surface area contributed by atoms with Gasteiger partial charge in [-0.1, -0.05) is 0 Å². The normalized spacial score (nSPS) is 10.1. The van der Waals surface area contributed by atoms with Crippen molar-refractivity contribution in [2.24, 2.45) is 0 Å². The minimum absolute atomic E-state index is 0.350. The maximum atomic E-state index is 11.2. The third-order valence-electron chi connectivity index (χ3n) is 2.33. The fourth-order valence-electron chi connectivity index (χ4n) is 1.44. The summed E-state index contributed by atoms with van der Waals surface area (Å²) in [4.78, 5) is 15.5. The topological polar surface area (TPSA) is 48.4 Å². The van der Waals surface area contributed by atoms with Gasteiger partial charge in [-0.15, -0.1) is 11.3 Å². The Morgan fingerprint density at radius 2 is 2.06 bits per heavy atom. The highest BCUT2D eigenvalue weighted by Crippen LogP contribution is 2.15. The highest BCUT2D eigenvalue weighted by atomic mass is 32.1. The fraction of sp³-hybridized carbons (Fsp3) is 0.231. The third kappa shape index (κ3) is 3.07. The second-order valence-electron chi connectivity index (χ2n) is 3.66. The SMILES string of the molecule is COC(=O)c1ccc(OCc2csc(C)n2)cc1. The van der Waals surface area contributed by atoms with Crippen LogP contribution < -0.4 is 4.74 Å². The second-order valence-corrected chi connectivity index (χ2v) is 4.72. The van der Waals surface area contributed by atoms with E-state index in [-0.39, 0.29) is 5.97 Å². The zero-order valence-corrected chi connectivity index (χ0v) is 11.0. The predicted octanol–water partition coefficient (Wildman–Crippen LogP) is 2.82. The summed E-state index contributed by atoms with van der Waals surface area (Å²) in [6.07, 6.45) is 0. The molecule has 5 heteroatoms. The maximum absolute atomic E-state index is 11.2. The van der Waals surface area contributed by atoms with Gasteiger partial charge in [0.2, 0.25) is 0 Å². The summed E-state index contributed by atoms with van der Waals surface area (Å²) >= 11 is 1.60. The van der Waals surface area contributed by atoms with Crippen LogP contribution in [-0.4, -0.2) is 18.1 Å². The number of thiazole rings is 1. The first kappa shape index (κ1) is 12.6. The van der Waals surface area contributed by atoms with Gasteiger partial charge in [-0.2, -0.15) is 0 Å². The predicted molar refractivity (Wildman–Crippen MR) is 69.0 cm³/mol. The Labute approximate surface area is 109 Å². The molecule has 18 heavy (non-hydrogen) atoms. The lowest BCUT2D eigenvalue weighted by atomic mass is 10.2. The second kappa shape index (κ2) is 5.64. The molecule has 0 saturated heterocycles. The van der Waals surface area contributed by atoms with E-state index in [1.807, 2.05) is 12.3 Å². The van der Waals surface area contributed by atoms with Crippen LogP contribution in [-0.2, 0) is 11.3 Å². The Morgan fingerprint density at radius 3 is 2.61 bits per heavy atom. The highest BCUT2D eigenvalue weighted by molar-refractivity contribution is 7.09. The zero-order chi connectivity index (χ0) is 13.0. The van der Waals surface area contributed by atoms with Crippen LogP contribution in [0.25, 0.3) is 0 Å². The number of aromatic nitrogens is 1. The molecule has 2 rings (SSSR count). The van der Waals surface area contributed by atoms with Crippen molar-refractivity contribution in [2.45, 2.75) is 13.5 Å². The lowest BCUT2D eigenvalue weighted by Gasteiger charge is -2.05. The van der Waals surface area contributed by atoms with E-state index in [0.29, 0.717) is 17.9 Å². The van der Waals surface area contributed by atoms with Crippen LogP contribution >= 0.6 is 11.3 Å². The standard InChI is InChI=1S/C13H13NO3S/c1-9-14-11(8-18-9)7-17-12-5-3-10(4-6-12)13(15)16-2/h3-6,8H,7H2,1-2H3. The van der Waals surface area contributed by atoms with Gasteiger partial charge in [-0.25, -0.2) is 9.78 Å². The number of nitrogens with zero attached hydrogens (tertiary/aromatic N) is 1. The molecule has 0 bridgehead atoms. The maximum Gasteiger partial charge on any atom is 0.337 e. The van der Waals surface area contributed by atoms with Crippen LogP contribution in [0.1, 0.15) is 21.1 Å². The number of hydrogen-bond acceptors (Lipinski definition) is 5. The van der Waals surface area contributed by atoms with Crippen molar-refractivity contribution in [3.8, 4) is 5.75 Å². The molecular weight excluding hydrogens is 250 g/mol. The number of carbonyl (C=O) groups is 1. The van der Waals surface area contributed by atoms with Crippen LogP contribution in [0.2, 0.25) is 0 Å². The molecule has 2 aromatic rings. The van der Waals surface area contributed by atoms with Crippen LogP contribution in [0, 0.1) is 6.92 Å². The van der Waals surface area contributed by atoms with Crippen LogP contribution in [0.15, 0.2) is 29.6 Å². The van der Waals surface area contributed by atoms with Gasteiger partial charge in [-0.3, -0.25) is 0 Å². The molecule has 0 atom stereocenters. The fourth-order valence-corrected chi connectivity index (χ4v) is 2.03. The van der Waals surface area contributed by atoms with E-state index in [1.165, 1.54) is 7.11 Å². The smallest absolute Gasteiger partial charge is 0.337 e. The van der Waals surface area contributed by atoms with E-state index >= 15 is 0 Å². The summed E-state index contributed by atoms with van der Waals surface area (Å²) in [5.41, 5.74) is 1.42. The molecule has 0 N–H and O–H groups in total. The number of carbonyl (C=O) groups excluding carboxylic acids is 1. The monoisotopic (exact) mass is 263 g/mol. The molecule has 1 aromatic carbocycles. The van der Waals surface area contributed by atoms with Gasteiger partial charge >= 0.3 is 5.97 Å². The van der Waals surface area contributed by atoms with Crippen molar-refractivity contribution in [2.75, 3.05) is 7.11 Å².